The van der Waals surface area contributed by atoms with Crippen LogP contribution in [0, 0.1) is 11.3 Å². The molecule has 0 unspecified atom stereocenters. The average Bonchev–Trinajstić information content (AvgIpc) is 2.15. The fourth-order valence-corrected chi connectivity index (χ4v) is 1.43. The van der Waals surface area contributed by atoms with Gasteiger partial charge < -0.3 is 9.84 Å². The Labute approximate surface area is 89.9 Å². The molecule has 15 heavy (non-hydrogen) atoms. The molecule has 0 saturated carbocycles. The average molecular weight is 205 g/mol. The van der Waals surface area contributed by atoms with Gasteiger partial charge in [0.05, 0.1) is 12.7 Å². The van der Waals surface area contributed by atoms with Crippen LogP contribution in [0.15, 0.2) is 12.1 Å². The van der Waals surface area contributed by atoms with Crippen molar-refractivity contribution in [1.29, 1.82) is 5.26 Å². The minimum atomic E-state index is -0.175. The molecule has 80 valence electrons. The van der Waals surface area contributed by atoms with Crippen molar-refractivity contribution in [3.63, 3.8) is 0 Å². The number of phenols is 1. The van der Waals surface area contributed by atoms with Gasteiger partial charge in [-0.3, -0.25) is 0 Å². The van der Waals surface area contributed by atoms with Crippen molar-refractivity contribution in [2.24, 2.45) is 0 Å². The molecule has 0 spiro atoms. The van der Waals surface area contributed by atoms with E-state index in [4.69, 9.17) is 10.00 Å². The molecular weight excluding hydrogens is 190 g/mol. The maximum Gasteiger partial charge on any atom is 0.137 e. The minimum Gasteiger partial charge on any atom is -0.508 e. The quantitative estimate of drug-likeness (QED) is 0.766. The van der Waals surface area contributed by atoms with E-state index in [1.807, 2.05) is 26.8 Å². The van der Waals surface area contributed by atoms with E-state index < -0.39 is 0 Å². The lowest BCUT2D eigenvalue weighted by Crippen LogP contribution is -2.11. The highest BCUT2D eigenvalue weighted by molar-refractivity contribution is 5.53. The highest BCUT2D eigenvalue weighted by Gasteiger charge is 2.20. The van der Waals surface area contributed by atoms with E-state index in [0.29, 0.717) is 11.3 Å². The Hall–Kier alpha value is -1.69. The number of hydrogen-bond acceptors (Lipinski definition) is 3. The third-order valence-corrected chi connectivity index (χ3v) is 2.25. The van der Waals surface area contributed by atoms with Crippen molar-refractivity contribution in [2.75, 3.05) is 7.11 Å². The lowest BCUT2D eigenvalue weighted by molar-refractivity contribution is 0.404. The SMILES string of the molecule is COc1cc(C(C)(C)C)c(O)cc1C#N. The molecule has 0 aromatic heterocycles. The van der Waals surface area contributed by atoms with E-state index in [2.05, 4.69) is 0 Å². The minimum absolute atomic E-state index is 0.139. The molecule has 0 aliphatic heterocycles. The zero-order valence-electron chi connectivity index (χ0n) is 9.46. The van der Waals surface area contributed by atoms with Crippen LogP contribution in [0.5, 0.6) is 11.5 Å². The van der Waals surface area contributed by atoms with E-state index in [0.717, 1.165) is 5.56 Å². The van der Waals surface area contributed by atoms with Crippen molar-refractivity contribution in [3.8, 4) is 17.6 Å². The third kappa shape index (κ3) is 2.21. The van der Waals surface area contributed by atoms with Crippen LogP contribution in [0.3, 0.4) is 0 Å². The van der Waals surface area contributed by atoms with Gasteiger partial charge in [-0.15, -0.1) is 0 Å². The molecule has 0 bridgehead atoms. The lowest BCUT2D eigenvalue weighted by Gasteiger charge is -2.21. The molecular formula is C12H15NO2. The summed E-state index contributed by atoms with van der Waals surface area (Å²) in [7, 11) is 1.51. The Kier molecular flexibility index (Phi) is 2.90. The molecule has 3 nitrogen and oxygen atoms in total. The van der Waals surface area contributed by atoms with E-state index in [1.54, 1.807) is 6.07 Å². The number of benzene rings is 1. The van der Waals surface area contributed by atoms with E-state index in [9.17, 15) is 5.11 Å². The van der Waals surface area contributed by atoms with Crippen LogP contribution in [0.4, 0.5) is 0 Å². The second kappa shape index (κ2) is 3.82. The van der Waals surface area contributed by atoms with Crippen LogP contribution in [-0.2, 0) is 5.41 Å². The lowest BCUT2D eigenvalue weighted by atomic mass is 9.85. The summed E-state index contributed by atoms with van der Waals surface area (Å²) in [6.07, 6.45) is 0. The van der Waals surface area contributed by atoms with Crippen molar-refractivity contribution in [3.05, 3.63) is 23.3 Å². The maximum absolute atomic E-state index is 9.77. The van der Waals surface area contributed by atoms with Gasteiger partial charge in [-0.05, 0) is 11.5 Å². The van der Waals surface area contributed by atoms with Gasteiger partial charge in [-0.1, -0.05) is 20.8 Å². The first-order valence-corrected chi connectivity index (χ1v) is 4.71. The fraction of sp³-hybridized carbons (Fsp3) is 0.417. The molecule has 1 N–H and O–H groups in total. The molecule has 3 heteroatoms. The van der Waals surface area contributed by atoms with Crippen molar-refractivity contribution >= 4 is 0 Å². The van der Waals surface area contributed by atoms with Gasteiger partial charge in [0.1, 0.15) is 17.6 Å². The fourth-order valence-electron chi connectivity index (χ4n) is 1.43. The molecule has 0 amide bonds. The Morgan fingerprint density at radius 2 is 1.93 bits per heavy atom. The Morgan fingerprint density at radius 1 is 1.33 bits per heavy atom. The van der Waals surface area contributed by atoms with Crippen LogP contribution in [-0.4, -0.2) is 12.2 Å². The number of nitriles is 1. The van der Waals surface area contributed by atoms with E-state index in [-0.39, 0.29) is 11.2 Å². The standard InChI is InChI=1S/C12H15NO2/c1-12(2,3)9-6-11(15-4)8(7-13)5-10(9)14/h5-6,14H,1-4H3. The van der Waals surface area contributed by atoms with E-state index >= 15 is 0 Å². The number of aromatic hydroxyl groups is 1. The van der Waals surface area contributed by atoms with Crippen molar-refractivity contribution in [2.45, 2.75) is 26.2 Å². The molecule has 0 aliphatic carbocycles. The van der Waals surface area contributed by atoms with E-state index in [1.165, 1.54) is 13.2 Å². The summed E-state index contributed by atoms with van der Waals surface area (Å²) in [5.41, 5.74) is 0.951. The summed E-state index contributed by atoms with van der Waals surface area (Å²) in [6.45, 7) is 5.98. The predicted octanol–water partition coefficient (Wildman–Crippen LogP) is 2.57. The number of rotatable bonds is 1. The predicted molar refractivity (Wildman–Crippen MR) is 58.1 cm³/mol. The maximum atomic E-state index is 9.77. The van der Waals surface area contributed by atoms with Gasteiger partial charge in [0.2, 0.25) is 0 Å². The van der Waals surface area contributed by atoms with Gasteiger partial charge in [-0.25, -0.2) is 0 Å². The zero-order chi connectivity index (χ0) is 11.6. The summed E-state index contributed by atoms with van der Waals surface area (Å²) in [4.78, 5) is 0. The number of nitrogens with zero attached hydrogens (tertiary/aromatic N) is 1. The van der Waals surface area contributed by atoms with Gasteiger partial charge in [-0.2, -0.15) is 5.26 Å². The monoisotopic (exact) mass is 205 g/mol. The Balaban J connectivity index is 3.41. The normalized spacial score (nSPS) is 10.9. The first-order valence-electron chi connectivity index (χ1n) is 4.71. The van der Waals surface area contributed by atoms with Gasteiger partial charge in [0.15, 0.2) is 0 Å². The molecule has 1 aromatic carbocycles. The summed E-state index contributed by atoms with van der Waals surface area (Å²) in [5, 5.41) is 18.6. The number of methoxy groups -OCH3 is 1. The molecule has 1 rings (SSSR count). The number of phenolic OH excluding ortho intramolecular Hbond substituents is 1. The van der Waals surface area contributed by atoms with Gasteiger partial charge >= 0.3 is 0 Å². The van der Waals surface area contributed by atoms with Crippen molar-refractivity contribution < 1.29 is 9.84 Å². The molecule has 1 aromatic rings. The van der Waals surface area contributed by atoms with Crippen LogP contribution in [0.2, 0.25) is 0 Å². The van der Waals surface area contributed by atoms with Crippen molar-refractivity contribution in [1.82, 2.24) is 0 Å². The Morgan fingerprint density at radius 3 is 2.33 bits per heavy atom. The van der Waals surface area contributed by atoms with Crippen LogP contribution in [0.1, 0.15) is 31.9 Å². The molecule has 0 aliphatic rings. The summed E-state index contributed by atoms with van der Waals surface area (Å²) >= 11 is 0. The molecule has 0 radical (unpaired) electrons. The highest BCUT2D eigenvalue weighted by atomic mass is 16.5. The molecule has 0 heterocycles. The highest BCUT2D eigenvalue weighted by Crippen LogP contribution is 2.35. The Bertz CT molecular complexity index is 411. The smallest absolute Gasteiger partial charge is 0.137 e. The summed E-state index contributed by atoms with van der Waals surface area (Å²) in [5.74, 6) is 0.639. The molecule has 0 atom stereocenters. The molecule has 0 fully saturated rings. The number of ether oxygens (including phenoxy) is 1. The summed E-state index contributed by atoms with van der Waals surface area (Å²) < 4.78 is 5.09. The first-order chi connectivity index (χ1) is 6.90. The topological polar surface area (TPSA) is 53.2 Å². The molecule has 0 saturated heterocycles. The largest absolute Gasteiger partial charge is 0.508 e. The second-order valence-electron chi connectivity index (χ2n) is 4.43. The third-order valence-electron chi connectivity index (χ3n) is 2.25. The first kappa shape index (κ1) is 11.4. The summed E-state index contributed by atoms with van der Waals surface area (Å²) in [6, 6.07) is 5.14. The van der Waals surface area contributed by atoms with Crippen LogP contribution >= 0.6 is 0 Å². The van der Waals surface area contributed by atoms with Gasteiger partial charge in [0.25, 0.3) is 0 Å². The zero-order valence-corrected chi connectivity index (χ0v) is 9.46. The number of hydrogen-bond donors (Lipinski definition) is 1. The van der Waals surface area contributed by atoms with Crippen LogP contribution < -0.4 is 4.74 Å². The van der Waals surface area contributed by atoms with Gasteiger partial charge in [0, 0.05) is 11.6 Å². The second-order valence-corrected chi connectivity index (χ2v) is 4.43. The van der Waals surface area contributed by atoms with Crippen LogP contribution in [0.25, 0.3) is 0 Å².